The highest BCUT2D eigenvalue weighted by Gasteiger charge is 2.51. The van der Waals surface area contributed by atoms with Gasteiger partial charge in [0.25, 0.3) is 0 Å². The van der Waals surface area contributed by atoms with Crippen LogP contribution >= 0.6 is 0 Å². The van der Waals surface area contributed by atoms with Crippen molar-refractivity contribution >= 4 is 23.6 Å². The van der Waals surface area contributed by atoms with E-state index in [0.717, 1.165) is 20.0 Å². The molecule has 1 fully saturated rings. The first-order valence-corrected chi connectivity index (χ1v) is 10.9. The number of ether oxygens (including phenoxy) is 3. The minimum atomic E-state index is -1.38. The Morgan fingerprint density at radius 1 is 1.03 bits per heavy atom. The maximum atomic E-state index is 13.1. The first-order chi connectivity index (χ1) is 15.2. The molecule has 0 amide bonds. The van der Waals surface area contributed by atoms with Gasteiger partial charge in [0.05, 0.1) is 14.2 Å². The Balaban J connectivity index is 1.83. The van der Waals surface area contributed by atoms with Gasteiger partial charge in [-0.2, -0.15) is 0 Å². The van der Waals surface area contributed by atoms with Crippen molar-refractivity contribution in [1.29, 1.82) is 0 Å². The molecule has 0 unspecified atom stereocenters. The summed E-state index contributed by atoms with van der Waals surface area (Å²) in [6.07, 6.45) is 0.879. The number of esters is 3. The van der Waals surface area contributed by atoms with Crippen LogP contribution in [0.4, 0.5) is 0 Å². The highest BCUT2D eigenvalue weighted by Crippen LogP contribution is 2.43. The molecule has 174 valence electrons. The molecule has 8 nitrogen and oxygen atoms in total. The zero-order valence-electron chi connectivity index (χ0n) is 19.2. The molecule has 2 aliphatic rings. The van der Waals surface area contributed by atoms with Crippen molar-refractivity contribution in [3.63, 3.8) is 0 Å². The van der Waals surface area contributed by atoms with Gasteiger partial charge in [0.1, 0.15) is 6.10 Å². The van der Waals surface area contributed by atoms with Crippen LogP contribution in [-0.2, 0) is 38.8 Å². The maximum Gasteiger partial charge on any atom is 0.357 e. The summed E-state index contributed by atoms with van der Waals surface area (Å²) in [6, 6.07) is 10.1. The minimum absolute atomic E-state index is 0.0703. The highest BCUT2D eigenvalue weighted by atomic mass is 16.7. The molecule has 5 atom stereocenters. The van der Waals surface area contributed by atoms with Gasteiger partial charge in [0.2, 0.25) is 6.10 Å². The number of methoxy groups -OCH3 is 2. The number of nitrogens with zero attached hydrogens (tertiary/aromatic N) is 1. The predicted molar refractivity (Wildman–Crippen MR) is 116 cm³/mol. The lowest BCUT2D eigenvalue weighted by Gasteiger charge is -2.44. The average Bonchev–Trinajstić information content (AvgIpc) is 3.24. The molecule has 0 N–H and O–H groups in total. The summed E-state index contributed by atoms with van der Waals surface area (Å²) >= 11 is 0. The fourth-order valence-electron chi connectivity index (χ4n) is 4.76. The van der Waals surface area contributed by atoms with E-state index in [1.54, 1.807) is 0 Å². The summed E-state index contributed by atoms with van der Waals surface area (Å²) in [5, 5.41) is 3.71. The fourth-order valence-corrected chi connectivity index (χ4v) is 4.76. The Kier molecular flexibility index (Phi) is 7.21. The van der Waals surface area contributed by atoms with Crippen LogP contribution in [0.25, 0.3) is 0 Å². The molecule has 8 heteroatoms. The van der Waals surface area contributed by atoms with Crippen molar-refractivity contribution in [2.45, 2.75) is 57.7 Å². The van der Waals surface area contributed by atoms with Gasteiger partial charge in [-0.25, -0.2) is 9.59 Å². The van der Waals surface area contributed by atoms with Crippen molar-refractivity contribution in [3.8, 4) is 0 Å². The van der Waals surface area contributed by atoms with E-state index in [1.807, 2.05) is 18.2 Å². The lowest BCUT2D eigenvalue weighted by atomic mass is 9.64. The molecular weight excluding hydrogens is 414 g/mol. The maximum absolute atomic E-state index is 13.1. The second-order valence-electron chi connectivity index (χ2n) is 9.08. The lowest BCUT2D eigenvalue weighted by Crippen LogP contribution is -2.46. The molecule has 1 aromatic rings. The largest absolute Gasteiger partial charge is 0.468 e. The smallest absolute Gasteiger partial charge is 0.357 e. The van der Waals surface area contributed by atoms with E-state index in [2.05, 4.69) is 42.8 Å². The van der Waals surface area contributed by atoms with Crippen LogP contribution in [0.1, 0.15) is 45.6 Å². The molecule has 0 radical (unpaired) electrons. The molecule has 0 spiro atoms. The minimum Gasteiger partial charge on any atom is -0.468 e. The van der Waals surface area contributed by atoms with E-state index in [4.69, 9.17) is 14.3 Å². The quantitative estimate of drug-likeness (QED) is 0.490. The summed E-state index contributed by atoms with van der Waals surface area (Å²) in [5.74, 6) is -3.29. The SMILES string of the molecule is COC(=O)[C@@H]1C(C(=O)O[C@@H]2C[C@H](C)CC[C@H]2C(C)(C)c2ccccc2)=NO[C@H]1C(=O)OC. The Morgan fingerprint density at radius 3 is 2.31 bits per heavy atom. The average molecular weight is 446 g/mol. The zero-order chi connectivity index (χ0) is 23.5. The van der Waals surface area contributed by atoms with Gasteiger partial charge in [0.15, 0.2) is 11.6 Å². The van der Waals surface area contributed by atoms with E-state index in [0.29, 0.717) is 12.3 Å². The number of carbonyl (C=O) groups excluding carboxylic acids is 3. The molecule has 3 rings (SSSR count). The number of hydrogen-bond donors (Lipinski definition) is 0. The summed E-state index contributed by atoms with van der Waals surface area (Å²) in [7, 11) is 2.33. The van der Waals surface area contributed by atoms with Crippen LogP contribution in [0.15, 0.2) is 35.5 Å². The molecule has 1 heterocycles. The third kappa shape index (κ3) is 4.64. The van der Waals surface area contributed by atoms with Gasteiger partial charge < -0.3 is 19.0 Å². The van der Waals surface area contributed by atoms with Gasteiger partial charge in [-0.15, -0.1) is 0 Å². The summed E-state index contributed by atoms with van der Waals surface area (Å²) < 4.78 is 15.4. The number of rotatable bonds is 6. The van der Waals surface area contributed by atoms with E-state index in [-0.39, 0.29) is 23.1 Å². The summed E-state index contributed by atoms with van der Waals surface area (Å²) in [5.41, 5.74) is 0.651. The Labute approximate surface area is 188 Å². The Hall–Kier alpha value is -2.90. The molecule has 1 aliphatic heterocycles. The van der Waals surface area contributed by atoms with Crippen LogP contribution in [0.5, 0.6) is 0 Å². The molecule has 0 bridgehead atoms. The second kappa shape index (κ2) is 9.71. The Bertz CT molecular complexity index is 880. The monoisotopic (exact) mass is 445 g/mol. The molecule has 1 aliphatic carbocycles. The van der Waals surface area contributed by atoms with Crippen LogP contribution in [0, 0.1) is 17.8 Å². The first kappa shape index (κ1) is 23.8. The van der Waals surface area contributed by atoms with Crippen LogP contribution in [0.3, 0.4) is 0 Å². The summed E-state index contributed by atoms with van der Waals surface area (Å²) in [4.78, 5) is 42.5. The number of carbonyl (C=O) groups is 3. The normalized spacial score (nSPS) is 27.7. The summed E-state index contributed by atoms with van der Waals surface area (Å²) in [6.45, 7) is 6.45. The lowest BCUT2D eigenvalue weighted by molar-refractivity contribution is -0.161. The standard InChI is InChI=1S/C24H31NO7/c1-14-11-12-16(24(2,3)15-9-7-6-8-10-15)17(13-14)31-22(27)19-18(21(26)29-4)20(32-25-19)23(28)30-5/h6-10,14,16-18,20H,11-13H2,1-5H3/t14-,16-,17-,18-,20-/m1/s1. The van der Waals surface area contributed by atoms with Crippen molar-refractivity contribution in [2.24, 2.45) is 22.9 Å². The van der Waals surface area contributed by atoms with Crippen molar-refractivity contribution < 1.29 is 33.4 Å². The first-order valence-electron chi connectivity index (χ1n) is 10.9. The van der Waals surface area contributed by atoms with Gasteiger partial charge in [-0.05, 0) is 29.7 Å². The highest BCUT2D eigenvalue weighted by molar-refractivity contribution is 6.41. The molecule has 0 saturated heterocycles. The van der Waals surface area contributed by atoms with E-state index < -0.39 is 29.9 Å². The number of benzene rings is 1. The third-order valence-electron chi connectivity index (χ3n) is 6.72. The topological polar surface area (TPSA) is 100 Å². The molecule has 1 aromatic carbocycles. The van der Waals surface area contributed by atoms with Gasteiger partial charge in [-0.3, -0.25) is 4.79 Å². The van der Waals surface area contributed by atoms with Crippen LogP contribution in [-0.4, -0.2) is 50.0 Å². The molecular formula is C24H31NO7. The molecule has 1 saturated carbocycles. The van der Waals surface area contributed by atoms with Gasteiger partial charge in [0, 0.05) is 5.92 Å². The zero-order valence-corrected chi connectivity index (χ0v) is 19.2. The van der Waals surface area contributed by atoms with E-state index in [9.17, 15) is 14.4 Å². The van der Waals surface area contributed by atoms with Gasteiger partial charge >= 0.3 is 17.9 Å². The fraction of sp³-hybridized carbons (Fsp3) is 0.583. The van der Waals surface area contributed by atoms with Crippen molar-refractivity contribution in [3.05, 3.63) is 35.9 Å². The second-order valence-corrected chi connectivity index (χ2v) is 9.08. The van der Waals surface area contributed by atoms with Crippen LogP contribution in [0.2, 0.25) is 0 Å². The van der Waals surface area contributed by atoms with E-state index in [1.165, 1.54) is 12.7 Å². The molecule has 32 heavy (non-hydrogen) atoms. The number of hydrogen-bond acceptors (Lipinski definition) is 8. The van der Waals surface area contributed by atoms with E-state index >= 15 is 0 Å². The predicted octanol–water partition coefficient (Wildman–Crippen LogP) is 3.03. The van der Waals surface area contributed by atoms with Gasteiger partial charge in [-0.1, -0.05) is 62.7 Å². The third-order valence-corrected chi connectivity index (χ3v) is 6.72. The number of oxime groups is 1. The van der Waals surface area contributed by atoms with Crippen LogP contribution < -0.4 is 0 Å². The molecule has 0 aromatic heterocycles. The van der Waals surface area contributed by atoms with Crippen molar-refractivity contribution in [1.82, 2.24) is 0 Å². The Morgan fingerprint density at radius 2 is 1.69 bits per heavy atom. The van der Waals surface area contributed by atoms with Crippen molar-refractivity contribution in [2.75, 3.05) is 14.2 Å².